The van der Waals surface area contributed by atoms with Gasteiger partial charge in [0.25, 0.3) is 0 Å². The summed E-state index contributed by atoms with van der Waals surface area (Å²) in [5, 5.41) is 9.44. The third-order valence-electron chi connectivity index (χ3n) is 3.42. The summed E-state index contributed by atoms with van der Waals surface area (Å²) in [5.74, 6) is 1.05. The molecule has 4 heteroatoms. The molecular formula is C10H19NO2S. The van der Waals surface area contributed by atoms with Crippen molar-refractivity contribution in [3.8, 4) is 0 Å². The summed E-state index contributed by atoms with van der Waals surface area (Å²) in [6.07, 6.45) is 0.960. The molecular weight excluding hydrogens is 198 g/mol. The Bertz CT molecular complexity index is 240. The molecule has 1 atom stereocenters. The van der Waals surface area contributed by atoms with Crippen molar-refractivity contribution in [1.29, 1.82) is 0 Å². The molecule has 0 aliphatic carbocycles. The molecule has 3 nitrogen and oxygen atoms in total. The van der Waals surface area contributed by atoms with Crippen LogP contribution in [0.1, 0.15) is 20.3 Å². The maximum atomic E-state index is 11.5. The highest BCUT2D eigenvalue weighted by Gasteiger charge is 2.54. The van der Waals surface area contributed by atoms with Crippen LogP contribution in [0.5, 0.6) is 0 Å². The van der Waals surface area contributed by atoms with Crippen LogP contribution >= 0.6 is 11.8 Å². The molecule has 82 valence electrons. The first kappa shape index (κ1) is 11.9. The maximum absolute atomic E-state index is 11.5. The number of carboxylic acids is 1. The van der Waals surface area contributed by atoms with Gasteiger partial charge >= 0.3 is 5.97 Å². The molecule has 1 saturated heterocycles. The van der Waals surface area contributed by atoms with E-state index >= 15 is 0 Å². The predicted molar refractivity (Wildman–Crippen MR) is 59.8 cm³/mol. The maximum Gasteiger partial charge on any atom is 0.325 e. The Morgan fingerprint density at radius 1 is 1.43 bits per heavy atom. The van der Waals surface area contributed by atoms with E-state index in [-0.39, 0.29) is 5.41 Å². The molecule has 0 aromatic heterocycles. The number of thioether (sulfide) groups is 1. The summed E-state index contributed by atoms with van der Waals surface area (Å²) < 4.78 is 0. The van der Waals surface area contributed by atoms with E-state index < -0.39 is 11.5 Å². The molecule has 1 aliphatic heterocycles. The first-order valence-electron chi connectivity index (χ1n) is 4.83. The van der Waals surface area contributed by atoms with Gasteiger partial charge in [0.05, 0.1) is 0 Å². The van der Waals surface area contributed by atoms with Crippen LogP contribution in [0.25, 0.3) is 0 Å². The second kappa shape index (κ2) is 3.74. The highest BCUT2D eigenvalue weighted by molar-refractivity contribution is 7.99. The zero-order chi connectivity index (χ0) is 11.0. The summed E-state index contributed by atoms with van der Waals surface area (Å²) in [7, 11) is 3.73. The highest BCUT2D eigenvalue weighted by atomic mass is 32.2. The largest absolute Gasteiger partial charge is 0.480 e. The third-order valence-corrected chi connectivity index (χ3v) is 4.53. The fourth-order valence-electron chi connectivity index (χ4n) is 2.23. The molecule has 1 unspecified atom stereocenters. The van der Waals surface area contributed by atoms with Crippen molar-refractivity contribution < 1.29 is 9.90 Å². The average molecular weight is 217 g/mol. The van der Waals surface area contributed by atoms with E-state index in [1.54, 1.807) is 11.8 Å². The Morgan fingerprint density at radius 3 is 2.29 bits per heavy atom. The monoisotopic (exact) mass is 217 g/mol. The lowest BCUT2D eigenvalue weighted by molar-refractivity contribution is -0.156. The van der Waals surface area contributed by atoms with Crippen molar-refractivity contribution in [2.24, 2.45) is 5.41 Å². The van der Waals surface area contributed by atoms with Gasteiger partial charge in [0.2, 0.25) is 0 Å². The van der Waals surface area contributed by atoms with E-state index in [2.05, 4.69) is 13.8 Å². The van der Waals surface area contributed by atoms with Crippen molar-refractivity contribution in [3.63, 3.8) is 0 Å². The van der Waals surface area contributed by atoms with Gasteiger partial charge in [-0.05, 0) is 31.7 Å². The Hall–Kier alpha value is -0.220. The van der Waals surface area contributed by atoms with E-state index in [1.165, 1.54) is 0 Å². The fraction of sp³-hybridized carbons (Fsp3) is 0.900. The highest BCUT2D eigenvalue weighted by Crippen LogP contribution is 2.45. The first-order chi connectivity index (χ1) is 6.34. The van der Waals surface area contributed by atoms with Crippen molar-refractivity contribution in [2.45, 2.75) is 25.8 Å². The molecule has 14 heavy (non-hydrogen) atoms. The number of carboxylic acid groups (broad SMARTS) is 1. The van der Waals surface area contributed by atoms with Crippen molar-refractivity contribution in [1.82, 2.24) is 4.90 Å². The summed E-state index contributed by atoms with van der Waals surface area (Å²) in [6.45, 7) is 4.11. The number of hydrogen-bond acceptors (Lipinski definition) is 3. The van der Waals surface area contributed by atoms with Gasteiger partial charge in [0.1, 0.15) is 5.54 Å². The lowest BCUT2D eigenvalue weighted by Gasteiger charge is -2.50. The Morgan fingerprint density at radius 2 is 2.00 bits per heavy atom. The zero-order valence-electron chi connectivity index (χ0n) is 9.33. The average Bonchev–Trinajstić information content (AvgIpc) is 2.02. The van der Waals surface area contributed by atoms with Crippen LogP contribution in [0.3, 0.4) is 0 Å². The van der Waals surface area contributed by atoms with Crippen LogP contribution in [0.4, 0.5) is 0 Å². The summed E-state index contributed by atoms with van der Waals surface area (Å²) in [4.78, 5) is 13.3. The summed E-state index contributed by atoms with van der Waals surface area (Å²) in [5.41, 5.74) is -0.872. The normalized spacial score (nSPS) is 31.8. The van der Waals surface area contributed by atoms with Gasteiger partial charge in [-0.1, -0.05) is 13.8 Å². The third kappa shape index (κ3) is 1.54. The summed E-state index contributed by atoms with van der Waals surface area (Å²) in [6, 6.07) is 0. The van der Waals surface area contributed by atoms with Gasteiger partial charge in [-0.3, -0.25) is 9.69 Å². The molecule has 1 heterocycles. The SMILES string of the molecule is CN(C)C1(C(=O)O)CSCCC1(C)C. The van der Waals surface area contributed by atoms with E-state index in [0.717, 1.165) is 12.2 Å². The lowest BCUT2D eigenvalue weighted by atomic mass is 9.70. The van der Waals surface area contributed by atoms with E-state index in [1.807, 2.05) is 19.0 Å². The van der Waals surface area contributed by atoms with Gasteiger partial charge in [-0.25, -0.2) is 0 Å². The molecule has 0 radical (unpaired) electrons. The molecule has 1 aliphatic rings. The lowest BCUT2D eigenvalue weighted by Crippen LogP contribution is -2.64. The number of aliphatic carboxylic acids is 1. The van der Waals surface area contributed by atoms with E-state index in [0.29, 0.717) is 5.75 Å². The van der Waals surface area contributed by atoms with Gasteiger partial charge in [-0.15, -0.1) is 0 Å². The molecule has 0 saturated carbocycles. The number of hydrogen-bond donors (Lipinski definition) is 1. The van der Waals surface area contributed by atoms with Crippen molar-refractivity contribution in [2.75, 3.05) is 25.6 Å². The van der Waals surface area contributed by atoms with Gasteiger partial charge < -0.3 is 5.11 Å². The minimum absolute atomic E-state index is 0.159. The topological polar surface area (TPSA) is 40.5 Å². The van der Waals surface area contributed by atoms with Crippen LogP contribution in [0.15, 0.2) is 0 Å². The number of rotatable bonds is 2. The first-order valence-corrected chi connectivity index (χ1v) is 5.98. The smallest absolute Gasteiger partial charge is 0.325 e. The molecule has 0 aromatic rings. The Balaban J connectivity index is 3.11. The van der Waals surface area contributed by atoms with Gasteiger partial charge in [0.15, 0.2) is 0 Å². The molecule has 1 fully saturated rings. The van der Waals surface area contributed by atoms with Gasteiger partial charge in [-0.2, -0.15) is 11.8 Å². The molecule has 0 aromatic carbocycles. The number of nitrogens with zero attached hydrogens (tertiary/aromatic N) is 1. The second-order valence-corrected chi connectivity index (χ2v) is 5.85. The quantitative estimate of drug-likeness (QED) is 0.761. The molecule has 1 rings (SSSR count). The molecule has 0 amide bonds. The predicted octanol–water partition coefficient (Wildman–Crippen LogP) is 1.53. The van der Waals surface area contributed by atoms with E-state index in [9.17, 15) is 9.90 Å². The Kier molecular flexibility index (Phi) is 3.17. The van der Waals surface area contributed by atoms with Crippen LogP contribution < -0.4 is 0 Å². The van der Waals surface area contributed by atoms with Crippen LogP contribution in [0.2, 0.25) is 0 Å². The Labute approximate surface area is 89.9 Å². The number of carbonyl (C=O) groups is 1. The zero-order valence-corrected chi connectivity index (χ0v) is 10.1. The standard InChI is InChI=1S/C10H19NO2S/c1-9(2)5-6-14-7-10(9,8(12)13)11(3)4/h5-7H2,1-4H3,(H,12,13). The van der Waals surface area contributed by atoms with Crippen molar-refractivity contribution >= 4 is 17.7 Å². The van der Waals surface area contributed by atoms with Crippen molar-refractivity contribution in [3.05, 3.63) is 0 Å². The minimum atomic E-state index is -0.712. The van der Waals surface area contributed by atoms with Crippen LogP contribution in [0, 0.1) is 5.41 Å². The van der Waals surface area contributed by atoms with Crippen LogP contribution in [-0.4, -0.2) is 47.1 Å². The fourth-order valence-corrected chi connectivity index (χ4v) is 4.09. The van der Waals surface area contributed by atoms with Gasteiger partial charge in [0, 0.05) is 5.75 Å². The molecule has 0 spiro atoms. The summed E-state index contributed by atoms with van der Waals surface area (Å²) >= 11 is 1.74. The second-order valence-electron chi connectivity index (χ2n) is 4.75. The minimum Gasteiger partial charge on any atom is -0.480 e. The number of likely N-dealkylation sites (N-methyl/N-ethyl adjacent to an activating group) is 1. The molecule has 0 bridgehead atoms. The molecule has 1 N–H and O–H groups in total. The van der Waals surface area contributed by atoms with E-state index in [4.69, 9.17) is 0 Å². The van der Waals surface area contributed by atoms with Crippen LogP contribution in [-0.2, 0) is 4.79 Å².